The third kappa shape index (κ3) is 4.33. The van der Waals surface area contributed by atoms with Crippen molar-refractivity contribution in [2.24, 2.45) is 0 Å². The van der Waals surface area contributed by atoms with E-state index < -0.39 is 12.1 Å². The lowest BCUT2D eigenvalue weighted by Crippen LogP contribution is -2.23. The molecule has 1 aromatic carbocycles. The number of pyridine rings is 1. The molecule has 0 spiro atoms. The predicted molar refractivity (Wildman–Crippen MR) is 85.6 cm³/mol. The van der Waals surface area contributed by atoms with Gasteiger partial charge in [-0.05, 0) is 30.6 Å². The van der Waals surface area contributed by atoms with Crippen LogP contribution in [0.2, 0.25) is 5.15 Å². The molecule has 21 heavy (non-hydrogen) atoms. The molecule has 1 heterocycles. The monoisotopic (exact) mass is 325 g/mol. The van der Waals surface area contributed by atoms with E-state index in [9.17, 15) is 9.90 Å². The van der Waals surface area contributed by atoms with Crippen LogP contribution in [-0.4, -0.2) is 34.2 Å². The number of rotatable bonds is 6. The maximum absolute atomic E-state index is 11.7. The molecule has 1 aromatic heterocycles. The summed E-state index contributed by atoms with van der Waals surface area (Å²) >= 11 is 7.65. The van der Waals surface area contributed by atoms with E-state index in [0.717, 1.165) is 10.9 Å². The molecule has 0 bridgehead atoms. The number of aliphatic hydroxyl groups excluding tert-OH is 1. The van der Waals surface area contributed by atoms with E-state index in [1.54, 1.807) is 11.8 Å². The molecule has 0 saturated carbocycles. The Labute approximate surface area is 132 Å². The Morgan fingerprint density at radius 3 is 3.00 bits per heavy atom. The van der Waals surface area contributed by atoms with Gasteiger partial charge in [0.2, 0.25) is 0 Å². The number of aromatic nitrogens is 1. The van der Waals surface area contributed by atoms with Gasteiger partial charge in [0, 0.05) is 10.9 Å². The van der Waals surface area contributed by atoms with Crippen molar-refractivity contribution in [2.75, 3.05) is 12.0 Å². The zero-order valence-corrected chi connectivity index (χ0v) is 13.2. The van der Waals surface area contributed by atoms with Crippen molar-refractivity contribution in [3.05, 3.63) is 41.0 Å². The molecule has 0 fully saturated rings. The van der Waals surface area contributed by atoms with E-state index >= 15 is 0 Å². The fraction of sp³-hybridized carbons (Fsp3) is 0.333. The molecule has 1 atom stereocenters. The minimum absolute atomic E-state index is 0.00578. The molecule has 1 N–H and O–H groups in total. The van der Waals surface area contributed by atoms with Crippen molar-refractivity contribution < 1.29 is 14.6 Å². The largest absolute Gasteiger partial charge is 0.459 e. The van der Waals surface area contributed by atoms with Crippen LogP contribution in [0, 0.1) is 0 Å². The van der Waals surface area contributed by atoms with Crippen LogP contribution in [0.25, 0.3) is 10.9 Å². The van der Waals surface area contributed by atoms with Gasteiger partial charge in [0.25, 0.3) is 0 Å². The Bertz CT molecular complexity index is 635. The minimum atomic E-state index is -1.09. The zero-order valence-electron chi connectivity index (χ0n) is 11.6. The molecule has 0 saturated heterocycles. The summed E-state index contributed by atoms with van der Waals surface area (Å²) in [6, 6.07) is 9.40. The van der Waals surface area contributed by atoms with Crippen molar-refractivity contribution in [3.63, 3.8) is 0 Å². The summed E-state index contributed by atoms with van der Waals surface area (Å²) in [5.74, 6) is 0.0717. The van der Waals surface area contributed by atoms with E-state index in [2.05, 4.69) is 4.98 Å². The van der Waals surface area contributed by atoms with E-state index in [1.807, 2.05) is 36.6 Å². The van der Waals surface area contributed by atoms with Crippen LogP contribution in [0.3, 0.4) is 0 Å². The molecule has 0 aliphatic carbocycles. The van der Waals surface area contributed by atoms with Gasteiger partial charge in [-0.15, -0.1) is 0 Å². The molecule has 2 rings (SSSR count). The third-order valence-electron chi connectivity index (χ3n) is 2.99. The predicted octanol–water partition coefficient (Wildman–Crippen LogP) is 3.05. The number of nitrogens with zero attached hydrogens (tertiary/aromatic N) is 1. The van der Waals surface area contributed by atoms with Crippen LogP contribution in [0.15, 0.2) is 30.3 Å². The van der Waals surface area contributed by atoms with Gasteiger partial charge in [-0.1, -0.05) is 29.8 Å². The fourth-order valence-electron chi connectivity index (χ4n) is 1.83. The first-order valence-corrected chi connectivity index (χ1v) is 8.27. The van der Waals surface area contributed by atoms with Gasteiger partial charge < -0.3 is 9.84 Å². The Hall–Kier alpha value is -1.30. The number of esters is 1. The van der Waals surface area contributed by atoms with Gasteiger partial charge in [0.1, 0.15) is 11.8 Å². The molecule has 0 unspecified atom stereocenters. The minimum Gasteiger partial charge on any atom is -0.459 e. The average Bonchev–Trinajstić information content (AvgIpc) is 2.50. The van der Waals surface area contributed by atoms with E-state index in [0.29, 0.717) is 22.9 Å². The number of ether oxygens (including phenoxy) is 1. The highest BCUT2D eigenvalue weighted by Crippen LogP contribution is 2.21. The van der Waals surface area contributed by atoms with E-state index in [4.69, 9.17) is 16.3 Å². The lowest BCUT2D eigenvalue weighted by Gasteiger charge is -2.11. The summed E-state index contributed by atoms with van der Waals surface area (Å²) in [6.07, 6.45) is 1.20. The summed E-state index contributed by atoms with van der Waals surface area (Å²) in [5.41, 5.74) is 1.42. The normalized spacial score (nSPS) is 12.3. The first-order chi connectivity index (χ1) is 10.1. The average molecular weight is 326 g/mol. The molecular formula is C15H16ClNO3S. The van der Waals surface area contributed by atoms with Gasteiger partial charge in [-0.25, -0.2) is 9.78 Å². The maximum atomic E-state index is 11.7. The highest BCUT2D eigenvalue weighted by Gasteiger charge is 2.17. The Morgan fingerprint density at radius 1 is 1.48 bits per heavy atom. The molecule has 0 aliphatic heterocycles. The summed E-state index contributed by atoms with van der Waals surface area (Å²) in [7, 11) is 0. The number of carbonyl (C=O) groups is 1. The van der Waals surface area contributed by atoms with Crippen molar-refractivity contribution in [3.8, 4) is 0 Å². The Morgan fingerprint density at radius 2 is 2.24 bits per heavy atom. The molecular weight excluding hydrogens is 310 g/mol. The summed E-state index contributed by atoms with van der Waals surface area (Å²) in [5, 5.41) is 10.9. The fourth-order valence-corrected chi connectivity index (χ4v) is 2.49. The smallest absolute Gasteiger partial charge is 0.335 e. The highest BCUT2D eigenvalue weighted by molar-refractivity contribution is 7.98. The summed E-state index contributed by atoms with van der Waals surface area (Å²) in [6.45, 7) is 0.00578. The SMILES string of the molecule is CSCC[C@H](O)C(=O)OCc1cc2ccccc2nc1Cl. The molecule has 4 nitrogen and oxygen atoms in total. The summed E-state index contributed by atoms with van der Waals surface area (Å²) in [4.78, 5) is 15.9. The number of aliphatic hydroxyl groups is 1. The second-order valence-corrected chi connectivity index (χ2v) is 5.88. The van der Waals surface area contributed by atoms with Gasteiger partial charge in [0.15, 0.2) is 6.10 Å². The van der Waals surface area contributed by atoms with Gasteiger partial charge in [0.05, 0.1) is 5.52 Å². The number of fused-ring (bicyclic) bond motifs is 1. The number of halogens is 1. The third-order valence-corrected chi connectivity index (χ3v) is 3.96. The molecule has 2 aromatic rings. The Kier molecular flexibility index (Phi) is 5.85. The van der Waals surface area contributed by atoms with Crippen LogP contribution in [-0.2, 0) is 16.1 Å². The van der Waals surface area contributed by atoms with E-state index in [1.165, 1.54) is 0 Å². The molecule has 0 amide bonds. The van der Waals surface area contributed by atoms with Crippen LogP contribution in [0.4, 0.5) is 0 Å². The maximum Gasteiger partial charge on any atom is 0.335 e. The number of carbonyl (C=O) groups excluding carboxylic acids is 1. The lowest BCUT2D eigenvalue weighted by molar-refractivity contribution is -0.154. The number of hydrogen-bond donors (Lipinski definition) is 1. The number of hydrogen-bond acceptors (Lipinski definition) is 5. The topological polar surface area (TPSA) is 59.4 Å². The second kappa shape index (κ2) is 7.64. The van der Waals surface area contributed by atoms with Crippen LogP contribution >= 0.6 is 23.4 Å². The molecule has 6 heteroatoms. The molecule has 0 radical (unpaired) electrons. The highest BCUT2D eigenvalue weighted by atomic mass is 35.5. The second-order valence-electron chi connectivity index (χ2n) is 4.54. The van der Waals surface area contributed by atoms with Gasteiger partial charge in [-0.3, -0.25) is 0 Å². The number of thioether (sulfide) groups is 1. The zero-order chi connectivity index (χ0) is 15.2. The lowest BCUT2D eigenvalue weighted by atomic mass is 10.2. The van der Waals surface area contributed by atoms with E-state index in [-0.39, 0.29) is 6.61 Å². The van der Waals surface area contributed by atoms with Crippen LogP contribution in [0.5, 0.6) is 0 Å². The van der Waals surface area contributed by atoms with Crippen molar-refractivity contribution >= 4 is 40.2 Å². The van der Waals surface area contributed by atoms with Crippen LogP contribution in [0.1, 0.15) is 12.0 Å². The van der Waals surface area contributed by atoms with Crippen molar-refractivity contribution in [1.82, 2.24) is 4.98 Å². The molecule has 0 aliphatic rings. The summed E-state index contributed by atoms with van der Waals surface area (Å²) < 4.78 is 5.09. The first kappa shape index (κ1) is 16.1. The van der Waals surface area contributed by atoms with Crippen LogP contribution < -0.4 is 0 Å². The Balaban J connectivity index is 2.03. The van der Waals surface area contributed by atoms with Gasteiger partial charge >= 0.3 is 5.97 Å². The van der Waals surface area contributed by atoms with Gasteiger partial charge in [-0.2, -0.15) is 11.8 Å². The quantitative estimate of drug-likeness (QED) is 0.653. The number of para-hydroxylation sites is 1. The van der Waals surface area contributed by atoms with Crippen molar-refractivity contribution in [2.45, 2.75) is 19.1 Å². The standard InChI is InChI=1S/C15H16ClNO3S/c1-21-7-6-13(18)15(19)20-9-11-8-10-4-2-3-5-12(10)17-14(11)16/h2-5,8,13,18H,6-7,9H2,1H3/t13-/m0/s1. The van der Waals surface area contributed by atoms with Crippen molar-refractivity contribution in [1.29, 1.82) is 0 Å². The first-order valence-electron chi connectivity index (χ1n) is 6.49. The molecule has 112 valence electrons. The number of benzene rings is 1.